The van der Waals surface area contributed by atoms with Gasteiger partial charge in [0.1, 0.15) is 6.61 Å². The second kappa shape index (κ2) is 7.95. The summed E-state index contributed by atoms with van der Waals surface area (Å²) in [4.78, 5) is 11.6. The van der Waals surface area contributed by atoms with E-state index in [0.717, 1.165) is 0 Å². The second-order valence-corrected chi connectivity index (χ2v) is 5.68. The van der Waals surface area contributed by atoms with Gasteiger partial charge in [0.15, 0.2) is 0 Å². The number of anilines is 1. The van der Waals surface area contributed by atoms with Crippen LogP contribution in [0, 0.1) is 0 Å². The van der Waals surface area contributed by atoms with Crippen molar-refractivity contribution in [2.24, 2.45) is 5.73 Å². The summed E-state index contributed by atoms with van der Waals surface area (Å²) in [5.41, 5.74) is 5.73. The molecule has 1 aromatic rings. The molecule has 0 radical (unpaired) electrons. The van der Waals surface area contributed by atoms with Crippen molar-refractivity contribution in [3.05, 3.63) is 24.3 Å². The first-order valence-corrected chi connectivity index (χ1v) is 7.65. The summed E-state index contributed by atoms with van der Waals surface area (Å²) in [5, 5.41) is 2.59. The van der Waals surface area contributed by atoms with Crippen LogP contribution in [-0.4, -0.2) is 40.6 Å². The van der Waals surface area contributed by atoms with E-state index < -0.39 is 10.0 Å². The summed E-state index contributed by atoms with van der Waals surface area (Å²) in [6.07, 6.45) is 0. The Morgan fingerprint density at radius 2 is 1.95 bits per heavy atom. The molecule has 20 heavy (non-hydrogen) atoms. The Morgan fingerprint density at radius 1 is 1.30 bits per heavy atom. The average molecular weight is 301 g/mol. The van der Waals surface area contributed by atoms with Crippen LogP contribution >= 0.6 is 0 Å². The van der Waals surface area contributed by atoms with Crippen LogP contribution in [0.4, 0.5) is 5.69 Å². The Kier molecular flexibility index (Phi) is 6.59. The van der Waals surface area contributed by atoms with Crippen LogP contribution < -0.4 is 15.8 Å². The third-order valence-electron chi connectivity index (χ3n) is 2.28. The van der Waals surface area contributed by atoms with Gasteiger partial charge in [0.2, 0.25) is 15.9 Å². The van der Waals surface area contributed by atoms with Crippen molar-refractivity contribution in [1.82, 2.24) is 4.72 Å². The van der Waals surface area contributed by atoms with Gasteiger partial charge in [-0.25, -0.2) is 13.1 Å². The van der Waals surface area contributed by atoms with Crippen LogP contribution in [-0.2, 0) is 19.6 Å². The summed E-state index contributed by atoms with van der Waals surface area (Å²) in [6, 6.07) is 5.89. The molecule has 8 heteroatoms. The second-order valence-electron chi connectivity index (χ2n) is 3.92. The van der Waals surface area contributed by atoms with E-state index in [1.807, 2.05) is 0 Å². The third-order valence-corrected chi connectivity index (χ3v) is 3.84. The molecule has 0 aromatic heterocycles. The van der Waals surface area contributed by atoms with Gasteiger partial charge in [-0.05, 0) is 24.3 Å². The Labute approximate surface area is 118 Å². The molecule has 0 fully saturated rings. The summed E-state index contributed by atoms with van der Waals surface area (Å²) in [7, 11) is -3.47. The van der Waals surface area contributed by atoms with Gasteiger partial charge in [0, 0.05) is 18.8 Å². The van der Waals surface area contributed by atoms with E-state index in [0.29, 0.717) is 25.4 Å². The van der Waals surface area contributed by atoms with Crippen molar-refractivity contribution in [3.63, 3.8) is 0 Å². The van der Waals surface area contributed by atoms with E-state index in [1.54, 1.807) is 6.92 Å². The lowest BCUT2D eigenvalue weighted by Crippen LogP contribution is -2.23. The molecule has 0 saturated carbocycles. The van der Waals surface area contributed by atoms with E-state index in [9.17, 15) is 13.2 Å². The molecule has 7 nitrogen and oxygen atoms in total. The maximum absolute atomic E-state index is 11.7. The minimum absolute atomic E-state index is 0.0887. The molecular weight excluding hydrogens is 282 g/mol. The summed E-state index contributed by atoms with van der Waals surface area (Å²) >= 11 is 0. The zero-order valence-corrected chi connectivity index (χ0v) is 12.1. The highest BCUT2D eigenvalue weighted by Crippen LogP contribution is 2.13. The Hall–Kier alpha value is -1.48. The zero-order chi connectivity index (χ0) is 15.0. The number of nitrogens with two attached hydrogens (primary N) is 1. The predicted octanol–water partition coefficient (Wildman–Crippen LogP) is -0.101. The Balaban J connectivity index is 2.61. The molecule has 112 valence electrons. The van der Waals surface area contributed by atoms with Gasteiger partial charge in [-0.3, -0.25) is 4.79 Å². The van der Waals surface area contributed by atoms with Crippen LogP contribution in [0.25, 0.3) is 0 Å². The lowest BCUT2D eigenvalue weighted by Gasteiger charge is -2.07. The predicted molar refractivity (Wildman–Crippen MR) is 75.8 cm³/mol. The molecule has 0 unspecified atom stereocenters. The lowest BCUT2D eigenvalue weighted by atomic mass is 10.3. The number of carbonyl (C=O) groups is 1. The van der Waals surface area contributed by atoms with Crippen LogP contribution in [0.1, 0.15) is 6.92 Å². The van der Waals surface area contributed by atoms with E-state index >= 15 is 0 Å². The monoisotopic (exact) mass is 301 g/mol. The standard InChI is InChI=1S/C12H19N3O4S/c1-2-14-20(17,18)11-5-3-10(4-6-11)15-12(16)9-19-8-7-13/h3-6,14H,2,7-9,13H2,1H3,(H,15,16). The number of hydrogen-bond donors (Lipinski definition) is 3. The highest BCUT2D eigenvalue weighted by atomic mass is 32.2. The van der Waals surface area contributed by atoms with Crippen molar-refractivity contribution in [3.8, 4) is 0 Å². The molecule has 1 aromatic carbocycles. The number of nitrogens with one attached hydrogen (secondary N) is 2. The Morgan fingerprint density at radius 3 is 2.50 bits per heavy atom. The smallest absolute Gasteiger partial charge is 0.250 e. The van der Waals surface area contributed by atoms with E-state index in [1.165, 1.54) is 24.3 Å². The van der Waals surface area contributed by atoms with Gasteiger partial charge in [0.05, 0.1) is 11.5 Å². The number of rotatable bonds is 8. The normalized spacial score (nSPS) is 11.3. The first-order valence-electron chi connectivity index (χ1n) is 6.17. The first-order chi connectivity index (χ1) is 9.49. The average Bonchev–Trinajstić information content (AvgIpc) is 2.39. The van der Waals surface area contributed by atoms with Crippen molar-refractivity contribution in [1.29, 1.82) is 0 Å². The molecule has 0 bridgehead atoms. The van der Waals surface area contributed by atoms with Gasteiger partial charge in [-0.1, -0.05) is 6.92 Å². The van der Waals surface area contributed by atoms with Gasteiger partial charge < -0.3 is 15.8 Å². The third kappa shape index (κ3) is 5.25. The van der Waals surface area contributed by atoms with Crippen molar-refractivity contribution in [2.75, 3.05) is 31.6 Å². The molecule has 1 rings (SSSR count). The Bertz CT molecular complexity index is 528. The fourth-order valence-electron chi connectivity index (χ4n) is 1.44. The van der Waals surface area contributed by atoms with Crippen LogP contribution in [0.2, 0.25) is 0 Å². The molecule has 0 spiro atoms. The van der Waals surface area contributed by atoms with E-state index in [-0.39, 0.29) is 17.4 Å². The van der Waals surface area contributed by atoms with E-state index in [4.69, 9.17) is 10.5 Å². The molecule has 0 aliphatic carbocycles. The fraction of sp³-hybridized carbons (Fsp3) is 0.417. The minimum Gasteiger partial charge on any atom is -0.370 e. The number of hydrogen-bond acceptors (Lipinski definition) is 5. The highest BCUT2D eigenvalue weighted by Gasteiger charge is 2.12. The lowest BCUT2D eigenvalue weighted by molar-refractivity contribution is -0.120. The van der Waals surface area contributed by atoms with Crippen LogP contribution in [0.15, 0.2) is 29.2 Å². The first kappa shape index (κ1) is 16.6. The SMILES string of the molecule is CCNS(=O)(=O)c1ccc(NC(=O)COCCN)cc1. The van der Waals surface area contributed by atoms with E-state index in [2.05, 4.69) is 10.0 Å². The number of carbonyl (C=O) groups excluding carboxylic acids is 1. The molecule has 0 atom stereocenters. The van der Waals surface area contributed by atoms with Gasteiger partial charge in [-0.15, -0.1) is 0 Å². The van der Waals surface area contributed by atoms with Crippen LogP contribution in [0.3, 0.4) is 0 Å². The number of benzene rings is 1. The van der Waals surface area contributed by atoms with Crippen LogP contribution in [0.5, 0.6) is 0 Å². The maximum atomic E-state index is 11.7. The molecule has 0 aliphatic heterocycles. The van der Waals surface area contributed by atoms with Crippen molar-refractivity contribution < 1.29 is 17.9 Å². The fourth-order valence-corrected chi connectivity index (χ4v) is 2.48. The number of amides is 1. The van der Waals surface area contributed by atoms with Crippen molar-refractivity contribution in [2.45, 2.75) is 11.8 Å². The van der Waals surface area contributed by atoms with Gasteiger partial charge >= 0.3 is 0 Å². The molecule has 1 amide bonds. The largest absolute Gasteiger partial charge is 0.370 e. The van der Waals surface area contributed by atoms with Crippen molar-refractivity contribution >= 4 is 21.6 Å². The molecular formula is C12H19N3O4S. The number of ether oxygens (including phenoxy) is 1. The molecule has 0 saturated heterocycles. The van der Waals surface area contributed by atoms with Gasteiger partial charge in [-0.2, -0.15) is 0 Å². The zero-order valence-electron chi connectivity index (χ0n) is 11.3. The topological polar surface area (TPSA) is 111 Å². The molecule has 4 N–H and O–H groups in total. The minimum atomic E-state index is -3.47. The summed E-state index contributed by atoms with van der Waals surface area (Å²) in [6.45, 7) is 2.60. The number of sulfonamides is 1. The quantitative estimate of drug-likeness (QED) is 0.581. The summed E-state index contributed by atoms with van der Waals surface area (Å²) in [5.74, 6) is -0.319. The highest BCUT2D eigenvalue weighted by molar-refractivity contribution is 7.89. The van der Waals surface area contributed by atoms with Gasteiger partial charge in [0.25, 0.3) is 0 Å². The maximum Gasteiger partial charge on any atom is 0.250 e. The summed E-state index contributed by atoms with van der Waals surface area (Å²) < 4.78 is 30.8. The molecule has 0 aliphatic rings. The molecule has 0 heterocycles.